The predicted octanol–water partition coefficient (Wildman–Crippen LogP) is 5.09. The first kappa shape index (κ1) is 22.6. The molecule has 0 aliphatic carbocycles. The Morgan fingerprint density at radius 1 is 1.16 bits per heavy atom. The van der Waals surface area contributed by atoms with Gasteiger partial charge in [-0.15, -0.1) is 11.3 Å². The maximum Gasteiger partial charge on any atom is 0.175 e. The summed E-state index contributed by atoms with van der Waals surface area (Å²) in [5.74, 6) is -0.590. The van der Waals surface area contributed by atoms with Gasteiger partial charge >= 0.3 is 0 Å². The maximum absolute atomic E-state index is 14.6. The molecule has 6 nitrogen and oxygen atoms in total. The molecule has 0 spiro atoms. The molecule has 0 atom stereocenters. The summed E-state index contributed by atoms with van der Waals surface area (Å²) in [6.07, 6.45) is 3.68. The number of rotatable bonds is 5. The summed E-state index contributed by atoms with van der Waals surface area (Å²) in [5.41, 5.74) is 0.138. The Kier molecular flexibility index (Phi) is 5.70. The number of aliphatic hydroxyl groups is 1. The SMILES string of the molecule is CC(C)(O)c1nn(-c2ccncc2F)c(-c2ccc(-c3cccc(S(C)(=O)=O)c3)s2)c1Cl. The molecule has 0 aliphatic heterocycles. The molecule has 0 aliphatic rings. The lowest BCUT2D eigenvalue weighted by atomic mass is 10.1. The number of halogens is 2. The van der Waals surface area contributed by atoms with Crippen LogP contribution in [0.4, 0.5) is 4.39 Å². The van der Waals surface area contributed by atoms with E-state index in [1.54, 1.807) is 38.1 Å². The molecule has 0 amide bonds. The van der Waals surface area contributed by atoms with Gasteiger partial charge in [0.1, 0.15) is 22.7 Å². The summed E-state index contributed by atoms with van der Waals surface area (Å²) in [4.78, 5) is 5.47. The van der Waals surface area contributed by atoms with Crippen molar-refractivity contribution in [1.82, 2.24) is 14.8 Å². The molecule has 0 bridgehead atoms. The quantitative estimate of drug-likeness (QED) is 0.420. The average molecular weight is 492 g/mol. The lowest BCUT2D eigenvalue weighted by Gasteiger charge is -2.14. The third kappa shape index (κ3) is 4.21. The average Bonchev–Trinajstić information content (AvgIpc) is 3.32. The van der Waals surface area contributed by atoms with Gasteiger partial charge < -0.3 is 5.11 Å². The van der Waals surface area contributed by atoms with E-state index in [-0.39, 0.29) is 21.3 Å². The predicted molar refractivity (Wildman–Crippen MR) is 123 cm³/mol. The van der Waals surface area contributed by atoms with Gasteiger partial charge in [-0.25, -0.2) is 17.5 Å². The number of thiophene rings is 1. The minimum Gasteiger partial charge on any atom is -0.384 e. The number of benzene rings is 1. The second-order valence-electron chi connectivity index (χ2n) is 7.77. The van der Waals surface area contributed by atoms with Crippen LogP contribution in [-0.2, 0) is 15.4 Å². The topological polar surface area (TPSA) is 85.1 Å². The summed E-state index contributed by atoms with van der Waals surface area (Å²) in [7, 11) is -3.35. The molecular weight excluding hydrogens is 473 g/mol. The molecular formula is C22H19ClFN3O3S2. The zero-order chi connectivity index (χ0) is 23.3. The van der Waals surface area contributed by atoms with E-state index in [1.165, 1.54) is 28.3 Å². The molecule has 166 valence electrons. The normalized spacial score (nSPS) is 12.3. The van der Waals surface area contributed by atoms with Gasteiger partial charge in [0.05, 0.1) is 21.0 Å². The first-order valence-electron chi connectivity index (χ1n) is 9.49. The van der Waals surface area contributed by atoms with Crippen molar-refractivity contribution in [3.63, 3.8) is 0 Å². The lowest BCUT2D eigenvalue weighted by molar-refractivity contribution is 0.0735. The third-order valence-corrected chi connectivity index (χ3v) is 7.38. The molecule has 0 saturated heterocycles. The van der Waals surface area contributed by atoms with E-state index in [1.807, 2.05) is 12.1 Å². The van der Waals surface area contributed by atoms with Gasteiger partial charge in [0.15, 0.2) is 15.7 Å². The van der Waals surface area contributed by atoms with Crippen LogP contribution in [0.2, 0.25) is 5.02 Å². The Balaban J connectivity index is 1.90. The largest absolute Gasteiger partial charge is 0.384 e. The summed E-state index contributed by atoms with van der Waals surface area (Å²) < 4.78 is 39.8. The molecule has 3 aromatic heterocycles. The van der Waals surface area contributed by atoms with Crippen LogP contribution in [0.3, 0.4) is 0 Å². The van der Waals surface area contributed by atoms with Crippen LogP contribution in [-0.4, -0.2) is 34.5 Å². The zero-order valence-corrected chi connectivity index (χ0v) is 19.8. The van der Waals surface area contributed by atoms with Crippen molar-refractivity contribution in [3.8, 4) is 26.7 Å². The summed E-state index contributed by atoms with van der Waals surface area (Å²) >= 11 is 7.99. The molecule has 10 heteroatoms. The van der Waals surface area contributed by atoms with Crippen molar-refractivity contribution in [2.45, 2.75) is 24.3 Å². The Bertz CT molecular complexity index is 1420. The monoisotopic (exact) mass is 491 g/mol. The molecule has 1 N–H and O–H groups in total. The molecule has 4 aromatic rings. The van der Waals surface area contributed by atoms with Crippen LogP contribution in [0.25, 0.3) is 26.7 Å². The number of hydrogen-bond acceptors (Lipinski definition) is 6. The van der Waals surface area contributed by atoms with Crippen LogP contribution >= 0.6 is 22.9 Å². The van der Waals surface area contributed by atoms with Crippen LogP contribution in [0.15, 0.2) is 59.8 Å². The van der Waals surface area contributed by atoms with Crippen molar-refractivity contribution in [1.29, 1.82) is 0 Å². The van der Waals surface area contributed by atoms with E-state index in [0.29, 0.717) is 10.6 Å². The highest BCUT2D eigenvalue weighted by molar-refractivity contribution is 7.90. The van der Waals surface area contributed by atoms with Crippen LogP contribution in [0.1, 0.15) is 19.5 Å². The van der Waals surface area contributed by atoms with Crippen molar-refractivity contribution in [2.24, 2.45) is 0 Å². The van der Waals surface area contributed by atoms with Gasteiger partial charge in [-0.05, 0) is 49.7 Å². The minimum atomic E-state index is -3.35. The van der Waals surface area contributed by atoms with Gasteiger partial charge in [0.25, 0.3) is 0 Å². The standard InChI is InChI=1S/C22H19ClFN3O3S2/c1-22(2,28)21-19(23)20(27(26-21)16-9-10-25-12-15(16)24)18-8-7-17(31-18)13-5-4-6-14(11-13)32(3,29)30/h4-12,28H,1-3H3. The molecule has 32 heavy (non-hydrogen) atoms. The molecule has 4 rings (SSSR count). The van der Waals surface area contributed by atoms with Gasteiger partial charge in [-0.3, -0.25) is 4.98 Å². The van der Waals surface area contributed by atoms with E-state index in [4.69, 9.17) is 11.6 Å². The zero-order valence-electron chi connectivity index (χ0n) is 17.4. The molecule has 0 saturated carbocycles. The third-order valence-electron chi connectivity index (χ3n) is 4.77. The Labute approximate surface area is 193 Å². The highest BCUT2D eigenvalue weighted by atomic mass is 35.5. The fourth-order valence-electron chi connectivity index (χ4n) is 3.22. The van der Waals surface area contributed by atoms with E-state index in [0.717, 1.165) is 22.9 Å². The van der Waals surface area contributed by atoms with E-state index in [2.05, 4.69) is 10.1 Å². The molecule has 0 radical (unpaired) electrons. The number of aromatic nitrogens is 3. The van der Waals surface area contributed by atoms with Gasteiger partial charge in [-0.1, -0.05) is 23.7 Å². The Morgan fingerprint density at radius 3 is 2.53 bits per heavy atom. The second-order valence-corrected chi connectivity index (χ2v) is 11.3. The van der Waals surface area contributed by atoms with Crippen LogP contribution < -0.4 is 0 Å². The van der Waals surface area contributed by atoms with Gasteiger partial charge in [-0.2, -0.15) is 5.10 Å². The first-order valence-corrected chi connectivity index (χ1v) is 12.6. The molecule has 3 heterocycles. The summed E-state index contributed by atoms with van der Waals surface area (Å²) in [6, 6.07) is 11.8. The van der Waals surface area contributed by atoms with Crippen molar-refractivity contribution >= 4 is 32.8 Å². The highest BCUT2D eigenvalue weighted by Crippen LogP contribution is 2.42. The van der Waals surface area contributed by atoms with Crippen LogP contribution in [0.5, 0.6) is 0 Å². The minimum absolute atomic E-state index is 0.140. The Morgan fingerprint density at radius 2 is 1.88 bits per heavy atom. The van der Waals surface area contributed by atoms with Gasteiger partial charge in [0, 0.05) is 17.3 Å². The molecule has 0 fully saturated rings. The second kappa shape index (κ2) is 8.08. The smallest absolute Gasteiger partial charge is 0.175 e. The number of sulfone groups is 1. The van der Waals surface area contributed by atoms with E-state index in [9.17, 15) is 17.9 Å². The van der Waals surface area contributed by atoms with E-state index < -0.39 is 21.3 Å². The lowest BCUT2D eigenvalue weighted by Crippen LogP contribution is -2.17. The Hall–Kier alpha value is -2.59. The number of nitrogens with zero attached hydrogens (tertiary/aromatic N) is 3. The van der Waals surface area contributed by atoms with Crippen molar-refractivity contribution in [3.05, 3.63) is 71.4 Å². The number of hydrogen-bond donors (Lipinski definition) is 1. The fourth-order valence-corrected chi connectivity index (χ4v) is 5.43. The number of pyridine rings is 1. The van der Waals surface area contributed by atoms with Crippen molar-refractivity contribution < 1.29 is 17.9 Å². The van der Waals surface area contributed by atoms with Gasteiger partial charge in [0.2, 0.25) is 0 Å². The van der Waals surface area contributed by atoms with Crippen molar-refractivity contribution in [2.75, 3.05) is 6.26 Å². The first-order chi connectivity index (χ1) is 15.0. The highest BCUT2D eigenvalue weighted by Gasteiger charge is 2.30. The maximum atomic E-state index is 14.6. The van der Waals surface area contributed by atoms with Crippen LogP contribution in [0, 0.1) is 5.82 Å². The fraction of sp³-hybridized carbons (Fsp3) is 0.182. The molecule has 1 aromatic carbocycles. The summed E-state index contributed by atoms with van der Waals surface area (Å²) in [6.45, 7) is 3.10. The molecule has 0 unspecified atom stereocenters. The summed E-state index contributed by atoms with van der Waals surface area (Å²) in [5, 5.41) is 15.2. The van der Waals surface area contributed by atoms with E-state index >= 15 is 0 Å².